The highest BCUT2D eigenvalue weighted by Gasteiger charge is 2.27. The van der Waals surface area contributed by atoms with Crippen molar-refractivity contribution in [2.45, 2.75) is 19.4 Å². The monoisotopic (exact) mass is 247 g/mol. The second-order valence-electron chi connectivity index (χ2n) is 3.55. The van der Waals surface area contributed by atoms with Crippen LogP contribution in [0.25, 0.3) is 0 Å². The van der Waals surface area contributed by atoms with Crippen LogP contribution in [0.5, 0.6) is 5.75 Å². The average molecular weight is 248 g/mol. The molecule has 0 aromatic heterocycles. The smallest absolute Gasteiger partial charge is 0.261 e. The highest BCUT2D eigenvalue weighted by atomic mass is 35.5. The van der Waals surface area contributed by atoms with Gasteiger partial charge in [0.1, 0.15) is 5.75 Å². The second-order valence-corrected chi connectivity index (χ2v) is 4.40. The van der Waals surface area contributed by atoms with Crippen LogP contribution in [-0.2, 0) is 4.79 Å². The number of carbonyl (C=O) groups is 1. The van der Waals surface area contributed by atoms with Crippen LogP contribution in [0.4, 0.5) is 0 Å². The molecule has 0 heterocycles. The molecule has 0 aliphatic heterocycles. The predicted molar refractivity (Wildman–Crippen MR) is 60.4 cm³/mol. The molecule has 0 aliphatic rings. The minimum absolute atomic E-state index is 0.344. The molecule has 2 N–H and O–H groups in total. The minimum atomic E-state index is -1.10. The van der Waals surface area contributed by atoms with Crippen LogP contribution in [0.15, 0.2) is 18.2 Å². The summed E-state index contributed by atoms with van der Waals surface area (Å²) in [6.45, 7) is 3.14. The van der Waals surface area contributed by atoms with E-state index < -0.39 is 11.5 Å². The van der Waals surface area contributed by atoms with Crippen LogP contribution < -0.4 is 10.5 Å². The van der Waals surface area contributed by atoms with Crippen molar-refractivity contribution < 1.29 is 9.53 Å². The maximum atomic E-state index is 11.0. The summed E-state index contributed by atoms with van der Waals surface area (Å²) in [5.41, 5.74) is 4.07. The first-order chi connectivity index (χ1) is 6.83. The first kappa shape index (κ1) is 12.1. The maximum Gasteiger partial charge on any atom is 0.261 e. The molecule has 15 heavy (non-hydrogen) atoms. The van der Waals surface area contributed by atoms with Crippen molar-refractivity contribution in [2.24, 2.45) is 5.73 Å². The van der Waals surface area contributed by atoms with E-state index >= 15 is 0 Å². The van der Waals surface area contributed by atoms with Crippen molar-refractivity contribution in [3.63, 3.8) is 0 Å². The molecule has 1 amide bonds. The van der Waals surface area contributed by atoms with Crippen LogP contribution in [0.3, 0.4) is 0 Å². The number of hydrogen-bond donors (Lipinski definition) is 1. The Bertz CT molecular complexity index is 391. The maximum absolute atomic E-state index is 11.0. The van der Waals surface area contributed by atoms with Gasteiger partial charge in [-0.15, -0.1) is 0 Å². The fraction of sp³-hybridized carbons (Fsp3) is 0.300. The summed E-state index contributed by atoms with van der Waals surface area (Å²) in [4.78, 5) is 11.0. The number of halogens is 2. The molecule has 1 aromatic carbocycles. The lowest BCUT2D eigenvalue weighted by Crippen LogP contribution is -2.43. The number of rotatable bonds is 3. The van der Waals surface area contributed by atoms with Crippen molar-refractivity contribution in [2.75, 3.05) is 0 Å². The van der Waals surface area contributed by atoms with Crippen molar-refractivity contribution in [1.82, 2.24) is 0 Å². The summed E-state index contributed by atoms with van der Waals surface area (Å²) in [6, 6.07) is 4.75. The molecule has 3 nitrogen and oxygen atoms in total. The van der Waals surface area contributed by atoms with E-state index in [0.717, 1.165) is 0 Å². The number of carbonyl (C=O) groups excluding carboxylic acids is 1. The Morgan fingerprint density at radius 1 is 1.40 bits per heavy atom. The highest BCUT2D eigenvalue weighted by molar-refractivity contribution is 6.35. The summed E-state index contributed by atoms with van der Waals surface area (Å²) < 4.78 is 5.38. The average Bonchev–Trinajstić information content (AvgIpc) is 2.09. The Labute approximate surface area is 98.1 Å². The normalized spacial score (nSPS) is 11.2. The van der Waals surface area contributed by atoms with E-state index in [-0.39, 0.29) is 0 Å². The molecule has 0 saturated heterocycles. The fourth-order valence-corrected chi connectivity index (χ4v) is 1.33. The van der Waals surface area contributed by atoms with Gasteiger partial charge in [0.05, 0.1) is 5.02 Å². The Kier molecular flexibility index (Phi) is 3.47. The van der Waals surface area contributed by atoms with Gasteiger partial charge in [0, 0.05) is 5.02 Å². The van der Waals surface area contributed by atoms with E-state index in [2.05, 4.69) is 0 Å². The molecule has 5 heteroatoms. The molecule has 0 aliphatic carbocycles. The quantitative estimate of drug-likeness (QED) is 0.893. The molecule has 1 rings (SSSR count). The molecule has 0 atom stereocenters. The fourth-order valence-electron chi connectivity index (χ4n) is 0.883. The van der Waals surface area contributed by atoms with E-state index in [1.807, 2.05) is 0 Å². The summed E-state index contributed by atoms with van der Waals surface area (Å²) in [7, 11) is 0. The van der Waals surface area contributed by atoms with Crippen LogP contribution in [0.2, 0.25) is 10.0 Å². The van der Waals surface area contributed by atoms with Crippen LogP contribution in [0, 0.1) is 0 Å². The molecule has 0 unspecified atom stereocenters. The molecule has 1 aromatic rings. The third-order valence-electron chi connectivity index (χ3n) is 1.85. The SMILES string of the molecule is CC(C)(Oc1ccc(Cl)cc1Cl)C(N)=O. The van der Waals surface area contributed by atoms with Crippen molar-refractivity contribution in [3.8, 4) is 5.75 Å². The van der Waals surface area contributed by atoms with E-state index in [1.165, 1.54) is 6.07 Å². The summed E-state index contributed by atoms with van der Waals surface area (Å²) in [6.07, 6.45) is 0. The zero-order valence-corrected chi connectivity index (χ0v) is 9.89. The zero-order chi connectivity index (χ0) is 11.6. The molecule has 82 valence electrons. The summed E-state index contributed by atoms with van der Waals surface area (Å²) in [5.74, 6) is -0.182. The van der Waals surface area contributed by atoms with Gasteiger partial charge in [-0.05, 0) is 32.0 Å². The van der Waals surface area contributed by atoms with Crippen molar-refractivity contribution in [1.29, 1.82) is 0 Å². The second kappa shape index (κ2) is 4.29. The van der Waals surface area contributed by atoms with E-state index in [9.17, 15) is 4.79 Å². The Morgan fingerprint density at radius 2 is 2.00 bits per heavy atom. The zero-order valence-electron chi connectivity index (χ0n) is 8.38. The van der Waals surface area contributed by atoms with Crippen LogP contribution in [-0.4, -0.2) is 11.5 Å². The van der Waals surface area contributed by atoms with Crippen molar-refractivity contribution >= 4 is 29.1 Å². The Balaban J connectivity index is 2.95. The first-order valence-corrected chi connectivity index (χ1v) is 5.02. The van der Waals surface area contributed by atoms with E-state index in [4.69, 9.17) is 33.7 Å². The predicted octanol–water partition coefficient (Wildman–Crippen LogP) is 2.64. The number of benzene rings is 1. The molecule has 0 saturated carbocycles. The lowest BCUT2D eigenvalue weighted by atomic mass is 10.1. The van der Waals surface area contributed by atoms with Gasteiger partial charge in [-0.3, -0.25) is 4.79 Å². The van der Waals surface area contributed by atoms with Gasteiger partial charge in [0.2, 0.25) is 0 Å². The Morgan fingerprint density at radius 3 is 2.47 bits per heavy atom. The van der Waals surface area contributed by atoms with Crippen LogP contribution >= 0.6 is 23.2 Å². The van der Waals surface area contributed by atoms with Crippen LogP contribution in [0.1, 0.15) is 13.8 Å². The number of primary amides is 1. The molecular formula is C10H11Cl2NO2. The molecule has 0 bridgehead atoms. The minimum Gasteiger partial charge on any atom is -0.476 e. The molecular weight excluding hydrogens is 237 g/mol. The largest absolute Gasteiger partial charge is 0.476 e. The molecule has 0 spiro atoms. The third kappa shape index (κ3) is 3.01. The lowest BCUT2D eigenvalue weighted by Gasteiger charge is -2.23. The van der Waals surface area contributed by atoms with E-state index in [1.54, 1.807) is 26.0 Å². The Hall–Kier alpha value is -0.930. The summed E-state index contributed by atoms with van der Waals surface area (Å²) >= 11 is 11.6. The van der Waals surface area contributed by atoms with E-state index in [0.29, 0.717) is 15.8 Å². The summed E-state index contributed by atoms with van der Waals surface area (Å²) in [5, 5.41) is 0.848. The van der Waals surface area contributed by atoms with Gasteiger partial charge in [0.25, 0.3) is 5.91 Å². The van der Waals surface area contributed by atoms with Gasteiger partial charge in [-0.1, -0.05) is 23.2 Å². The van der Waals surface area contributed by atoms with Crippen molar-refractivity contribution in [3.05, 3.63) is 28.2 Å². The van der Waals surface area contributed by atoms with Gasteiger partial charge < -0.3 is 10.5 Å². The number of amides is 1. The number of hydrogen-bond acceptors (Lipinski definition) is 2. The standard InChI is InChI=1S/C10H11Cl2NO2/c1-10(2,9(13)14)15-8-4-3-6(11)5-7(8)12/h3-5H,1-2H3,(H2,13,14). The van der Waals surface area contributed by atoms with Gasteiger partial charge in [0.15, 0.2) is 5.60 Å². The van der Waals surface area contributed by atoms with Gasteiger partial charge in [-0.25, -0.2) is 0 Å². The molecule has 0 fully saturated rings. The number of nitrogens with two attached hydrogens (primary N) is 1. The van der Waals surface area contributed by atoms with Gasteiger partial charge >= 0.3 is 0 Å². The number of ether oxygens (including phenoxy) is 1. The lowest BCUT2D eigenvalue weighted by molar-refractivity contribution is -0.130. The van der Waals surface area contributed by atoms with Gasteiger partial charge in [-0.2, -0.15) is 0 Å². The highest BCUT2D eigenvalue weighted by Crippen LogP contribution is 2.30. The topological polar surface area (TPSA) is 52.3 Å². The molecule has 0 radical (unpaired) electrons. The first-order valence-electron chi connectivity index (χ1n) is 4.27. The third-order valence-corrected chi connectivity index (χ3v) is 2.38.